The normalized spacial score (nSPS) is 10.8. The highest BCUT2D eigenvalue weighted by Crippen LogP contribution is 2.31. The molecule has 0 aliphatic heterocycles. The van der Waals surface area contributed by atoms with Gasteiger partial charge in [-0.05, 0) is 55.0 Å². The van der Waals surface area contributed by atoms with Crippen LogP contribution in [0, 0.1) is 6.92 Å². The number of nitrogens with zero attached hydrogens (tertiary/aromatic N) is 2. The number of methoxy groups -OCH3 is 1. The van der Waals surface area contributed by atoms with Gasteiger partial charge in [0.1, 0.15) is 22.8 Å². The van der Waals surface area contributed by atoms with E-state index in [1.807, 2.05) is 19.1 Å². The zero-order valence-corrected chi connectivity index (χ0v) is 19.0. The number of ether oxygens (including phenoxy) is 1. The number of anilines is 2. The summed E-state index contributed by atoms with van der Waals surface area (Å²) < 4.78 is 5.43. The highest BCUT2D eigenvalue weighted by Gasteiger charge is 2.20. The molecule has 0 fully saturated rings. The number of hydrogen-bond donors (Lipinski definition) is 4. The minimum absolute atomic E-state index is 0.0111. The van der Waals surface area contributed by atoms with Crippen LogP contribution in [-0.4, -0.2) is 41.0 Å². The summed E-state index contributed by atoms with van der Waals surface area (Å²) in [5.41, 5.74) is 9.27. The Labute approximate surface area is 196 Å². The van der Waals surface area contributed by atoms with Gasteiger partial charge in [-0.1, -0.05) is 12.1 Å². The van der Waals surface area contributed by atoms with E-state index in [1.165, 1.54) is 12.0 Å². The minimum Gasteiger partial charge on any atom is -0.506 e. The molecule has 0 atom stereocenters. The maximum Gasteiger partial charge on any atom is 0.258 e. The molecule has 0 bridgehead atoms. The number of benzene rings is 3. The molecule has 4 aromatic rings. The number of aryl methyl sites for hydroxylation is 1. The fourth-order valence-corrected chi connectivity index (χ4v) is 3.70. The summed E-state index contributed by atoms with van der Waals surface area (Å²) in [6.45, 7) is 2.08. The summed E-state index contributed by atoms with van der Waals surface area (Å²) in [5.74, 6) is 0.194. The van der Waals surface area contributed by atoms with Gasteiger partial charge in [-0.25, -0.2) is 4.98 Å². The van der Waals surface area contributed by atoms with Crippen molar-refractivity contribution in [2.75, 3.05) is 24.4 Å². The fourth-order valence-electron chi connectivity index (χ4n) is 3.70. The van der Waals surface area contributed by atoms with Gasteiger partial charge in [0.05, 0.1) is 36.1 Å². The van der Waals surface area contributed by atoms with Crippen molar-refractivity contribution in [2.45, 2.75) is 13.5 Å². The van der Waals surface area contributed by atoms with Crippen molar-refractivity contribution in [3.05, 3.63) is 77.1 Å². The molecule has 0 aliphatic carbocycles. The number of para-hydroxylation sites is 1. The number of rotatable bonds is 6. The Hall–Kier alpha value is -4.37. The van der Waals surface area contributed by atoms with Gasteiger partial charge in [0.25, 0.3) is 11.8 Å². The third-order valence-electron chi connectivity index (χ3n) is 5.49. The molecule has 9 heteroatoms. The smallest absolute Gasteiger partial charge is 0.258 e. The Morgan fingerprint density at radius 3 is 2.68 bits per heavy atom. The highest BCUT2D eigenvalue weighted by molar-refractivity contribution is 6.12. The van der Waals surface area contributed by atoms with Crippen LogP contribution in [-0.2, 0) is 6.54 Å². The van der Waals surface area contributed by atoms with Gasteiger partial charge in [-0.3, -0.25) is 9.59 Å². The number of carbonyl (C=O) groups excluding carboxylic acids is 2. The lowest BCUT2D eigenvalue weighted by molar-refractivity contribution is 0.0990. The molecular weight excluding hydrogens is 434 g/mol. The fraction of sp³-hybridized carbons (Fsp3) is 0.160. The topological polar surface area (TPSA) is 134 Å². The van der Waals surface area contributed by atoms with Crippen molar-refractivity contribution in [3.63, 3.8) is 0 Å². The van der Waals surface area contributed by atoms with Crippen LogP contribution >= 0.6 is 0 Å². The Bertz CT molecular complexity index is 1400. The molecule has 1 aromatic heterocycles. The number of imidazole rings is 1. The molecule has 4 rings (SSSR count). The number of aromatic hydroxyl groups is 1. The van der Waals surface area contributed by atoms with E-state index >= 15 is 0 Å². The SMILES string of the molecule is COc1cc(C(=O)N(C)c2ccc(C)cc2O)ccc1NC(=O)c1cccc2[nH]c(CN)nc12. The summed E-state index contributed by atoms with van der Waals surface area (Å²) in [6, 6.07) is 15.1. The number of nitrogens with one attached hydrogen (secondary N) is 2. The molecule has 0 unspecified atom stereocenters. The van der Waals surface area contributed by atoms with E-state index < -0.39 is 0 Å². The number of aromatic nitrogens is 2. The molecule has 0 radical (unpaired) electrons. The van der Waals surface area contributed by atoms with E-state index in [0.717, 1.165) is 5.56 Å². The van der Waals surface area contributed by atoms with E-state index in [-0.39, 0.29) is 24.1 Å². The zero-order chi connectivity index (χ0) is 24.4. The average molecular weight is 460 g/mol. The van der Waals surface area contributed by atoms with Crippen LogP contribution in [0.25, 0.3) is 11.0 Å². The number of nitrogens with two attached hydrogens (primary N) is 1. The number of H-pyrrole nitrogens is 1. The van der Waals surface area contributed by atoms with Gasteiger partial charge in [-0.2, -0.15) is 0 Å². The second kappa shape index (κ2) is 9.24. The molecule has 0 saturated heterocycles. The molecule has 174 valence electrons. The predicted molar refractivity (Wildman–Crippen MR) is 131 cm³/mol. The van der Waals surface area contributed by atoms with Crippen LogP contribution in [0.1, 0.15) is 32.1 Å². The third-order valence-corrected chi connectivity index (χ3v) is 5.49. The first kappa shape index (κ1) is 22.8. The summed E-state index contributed by atoms with van der Waals surface area (Å²) in [4.78, 5) is 34.9. The van der Waals surface area contributed by atoms with E-state index in [9.17, 15) is 14.7 Å². The number of amides is 2. The lowest BCUT2D eigenvalue weighted by atomic mass is 10.1. The number of fused-ring (bicyclic) bond motifs is 1. The second-order valence-corrected chi connectivity index (χ2v) is 7.81. The predicted octanol–water partition coefficient (Wildman–Crippen LogP) is 3.57. The van der Waals surface area contributed by atoms with Crippen molar-refractivity contribution >= 4 is 34.2 Å². The molecule has 0 spiro atoms. The number of phenolic OH excluding ortho intramolecular Hbond substituents is 1. The van der Waals surface area contributed by atoms with Crippen molar-refractivity contribution in [1.29, 1.82) is 0 Å². The van der Waals surface area contributed by atoms with E-state index in [0.29, 0.717) is 45.1 Å². The van der Waals surface area contributed by atoms with Crippen molar-refractivity contribution in [1.82, 2.24) is 9.97 Å². The number of aromatic amines is 1. The van der Waals surface area contributed by atoms with Crippen LogP contribution in [0.3, 0.4) is 0 Å². The minimum atomic E-state index is -0.375. The lowest BCUT2D eigenvalue weighted by Gasteiger charge is -2.20. The van der Waals surface area contributed by atoms with Crippen LogP contribution in [0.5, 0.6) is 11.5 Å². The van der Waals surface area contributed by atoms with Gasteiger partial charge in [0.15, 0.2) is 0 Å². The monoisotopic (exact) mass is 459 g/mol. The Kier molecular flexibility index (Phi) is 6.20. The first-order valence-electron chi connectivity index (χ1n) is 10.6. The quantitative estimate of drug-likeness (QED) is 0.348. The van der Waals surface area contributed by atoms with Gasteiger partial charge in [0.2, 0.25) is 0 Å². The maximum atomic E-state index is 13.0. The molecule has 1 heterocycles. The molecule has 0 aliphatic rings. The molecule has 3 aromatic carbocycles. The van der Waals surface area contributed by atoms with Gasteiger partial charge >= 0.3 is 0 Å². The third kappa shape index (κ3) is 4.28. The summed E-state index contributed by atoms with van der Waals surface area (Å²) in [5, 5.41) is 13.0. The molecule has 0 saturated carbocycles. The van der Waals surface area contributed by atoms with Gasteiger partial charge < -0.3 is 30.8 Å². The Balaban J connectivity index is 1.59. The standard InChI is InChI=1S/C25H25N5O4/c1-14-7-10-19(20(31)11-14)30(2)25(33)15-8-9-17(21(12-15)34-3)28-24(32)16-5-4-6-18-23(16)29-22(13-26)27-18/h4-12,31H,13,26H2,1-3H3,(H,27,29)(H,28,32). The lowest BCUT2D eigenvalue weighted by Crippen LogP contribution is -2.26. The van der Waals surface area contributed by atoms with E-state index in [4.69, 9.17) is 10.5 Å². The van der Waals surface area contributed by atoms with Crippen molar-refractivity contribution in [2.24, 2.45) is 5.73 Å². The van der Waals surface area contributed by atoms with Crippen LogP contribution < -0.4 is 20.7 Å². The van der Waals surface area contributed by atoms with Gasteiger partial charge in [-0.15, -0.1) is 0 Å². The van der Waals surface area contributed by atoms with E-state index in [1.54, 1.807) is 49.5 Å². The molecule has 5 N–H and O–H groups in total. The molecule has 2 amide bonds. The molecular formula is C25H25N5O4. The van der Waals surface area contributed by atoms with Gasteiger partial charge in [0, 0.05) is 12.6 Å². The first-order valence-corrected chi connectivity index (χ1v) is 10.6. The van der Waals surface area contributed by atoms with Crippen LogP contribution in [0.2, 0.25) is 0 Å². The summed E-state index contributed by atoms with van der Waals surface area (Å²) >= 11 is 0. The molecule has 34 heavy (non-hydrogen) atoms. The van der Waals surface area contributed by atoms with E-state index in [2.05, 4.69) is 15.3 Å². The number of hydrogen-bond acceptors (Lipinski definition) is 6. The highest BCUT2D eigenvalue weighted by atomic mass is 16.5. The Morgan fingerprint density at radius 2 is 1.97 bits per heavy atom. The second-order valence-electron chi connectivity index (χ2n) is 7.81. The summed E-state index contributed by atoms with van der Waals surface area (Å²) in [7, 11) is 3.03. The summed E-state index contributed by atoms with van der Waals surface area (Å²) in [6.07, 6.45) is 0. The van der Waals surface area contributed by atoms with Crippen molar-refractivity contribution in [3.8, 4) is 11.5 Å². The largest absolute Gasteiger partial charge is 0.506 e. The molecule has 9 nitrogen and oxygen atoms in total. The number of carbonyl (C=O) groups is 2. The maximum absolute atomic E-state index is 13.0. The zero-order valence-electron chi connectivity index (χ0n) is 19.0. The van der Waals surface area contributed by atoms with Crippen molar-refractivity contribution < 1.29 is 19.4 Å². The average Bonchev–Trinajstić information content (AvgIpc) is 3.27. The van der Waals surface area contributed by atoms with Crippen LogP contribution in [0.4, 0.5) is 11.4 Å². The Morgan fingerprint density at radius 1 is 1.18 bits per heavy atom. The first-order chi connectivity index (χ1) is 16.3. The van der Waals surface area contributed by atoms with Crippen LogP contribution in [0.15, 0.2) is 54.6 Å². The number of phenols is 1.